The van der Waals surface area contributed by atoms with Crippen LogP contribution in [0, 0.1) is 11.8 Å². The Morgan fingerprint density at radius 3 is 2.40 bits per heavy atom. The van der Waals surface area contributed by atoms with Gasteiger partial charge in [0.05, 0.1) is 12.6 Å². The molecule has 222 valence electrons. The molecule has 4 aliphatic rings. The predicted molar refractivity (Wildman–Crippen MR) is 157 cm³/mol. The van der Waals surface area contributed by atoms with Crippen molar-refractivity contribution in [3.05, 3.63) is 95.0 Å². The lowest BCUT2D eigenvalue weighted by atomic mass is 9.74. The SMILES string of the molecule is CC1C=C2OCOC2=CC1OC(=O)N(Cc1ccc([C@H]2CCCC[C@@H]2C(=O)N[C@@H](CO)c2ccccc2)cc1)C1CC1. The van der Waals surface area contributed by atoms with E-state index in [9.17, 15) is 14.7 Å². The quantitative estimate of drug-likeness (QED) is 0.400. The number of carbonyl (C=O) groups is 2. The average Bonchev–Trinajstić information content (AvgIpc) is 3.77. The van der Waals surface area contributed by atoms with Crippen LogP contribution in [0.2, 0.25) is 0 Å². The fourth-order valence-electron chi connectivity index (χ4n) is 6.36. The minimum atomic E-state index is -0.415. The molecule has 1 saturated heterocycles. The van der Waals surface area contributed by atoms with Gasteiger partial charge in [0.1, 0.15) is 6.10 Å². The molecule has 6 rings (SSSR count). The Balaban J connectivity index is 1.10. The number of carbonyl (C=O) groups excluding carboxylic acids is 2. The van der Waals surface area contributed by atoms with Crippen molar-refractivity contribution in [1.82, 2.24) is 10.2 Å². The zero-order valence-corrected chi connectivity index (χ0v) is 24.1. The molecule has 0 aromatic heterocycles. The molecule has 8 heteroatoms. The standard InChI is InChI=1S/C34H40N2O6/c1-22-17-31-32(41-21-40-31)18-30(22)42-34(39)36(26-15-16-26)19-23-11-13-24(14-12-23)27-9-5-6-10-28(27)33(38)35-29(20-37)25-7-3-2-4-8-25/h2-4,7-8,11-14,17-18,22,26-30,37H,5-6,9-10,15-16,19-21H2,1H3,(H,35,38)/t22?,27-,28+,29+,30?/m1/s1. The first-order valence-corrected chi connectivity index (χ1v) is 15.2. The minimum absolute atomic E-state index is 0.00206. The smallest absolute Gasteiger partial charge is 0.410 e. The van der Waals surface area contributed by atoms with Crippen LogP contribution in [0.3, 0.4) is 0 Å². The minimum Gasteiger partial charge on any atom is -0.454 e. The molecule has 2 unspecified atom stereocenters. The van der Waals surface area contributed by atoms with Crippen LogP contribution in [-0.4, -0.2) is 47.6 Å². The average molecular weight is 573 g/mol. The van der Waals surface area contributed by atoms with Crippen molar-refractivity contribution in [1.29, 1.82) is 0 Å². The van der Waals surface area contributed by atoms with E-state index in [1.807, 2.05) is 54.3 Å². The predicted octanol–water partition coefficient (Wildman–Crippen LogP) is 5.70. The van der Waals surface area contributed by atoms with Gasteiger partial charge in [-0.3, -0.25) is 4.79 Å². The summed E-state index contributed by atoms with van der Waals surface area (Å²) in [6, 6.07) is 17.8. The topological polar surface area (TPSA) is 97.3 Å². The Kier molecular flexibility index (Phi) is 8.51. The molecule has 2 amide bonds. The fraction of sp³-hybridized carbons (Fsp3) is 0.471. The van der Waals surface area contributed by atoms with Crippen LogP contribution in [0.15, 0.2) is 78.3 Å². The Hall–Kier alpha value is -3.78. The lowest BCUT2D eigenvalue weighted by molar-refractivity contribution is -0.127. The van der Waals surface area contributed by atoms with Crippen molar-refractivity contribution in [2.75, 3.05) is 13.4 Å². The molecule has 3 fully saturated rings. The highest BCUT2D eigenvalue weighted by Gasteiger charge is 2.37. The number of aliphatic hydroxyl groups excluding tert-OH is 1. The third-order valence-corrected chi connectivity index (χ3v) is 8.94. The Labute approximate surface area is 247 Å². The lowest BCUT2D eigenvalue weighted by Gasteiger charge is -2.32. The van der Waals surface area contributed by atoms with Gasteiger partial charge < -0.3 is 29.5 Å². The monoisotopic (exact) mass is 572 g/mol. The number of hydrogen-bond acceptors (Lipinski definition) is 6. The van der Waals surface area contributed by atoms with E-state index in [4.69, 9.17) is 14.2 Å². The van der Waals surface area contributed by atoms with E-state index >= 15 is 0 Å². The molecule has 2 N–H and O–H groups in total. The normalized spacial score (nSPS) is 25.6. The van der Waals surface area contributed by atoms with E-state index in [2.05, 4.69) is 29.6 Å². The van der Waals surface area contributed by atoms with E-state index < -0.39 is 12.1 Å². The van der Waals surface area contributed by atoms with Crippen molar-refractivity contribution in [3.63, 3.8) is 0 Å². The molecule has 2 aromatic carbocycles. The van der Waals surface area contributed by atoms with Crippen molar-refractivity contribution in [2.45, 2.75) is 76.1 Å². The molecule has 0 bridgehead atoms. The maximum Gasteiger partial charge on any atom is 0.410 e. The third kappa shape index (κ3) is 6.33. The number of ether oxygens (including phenoxy) is 3. The molecule has 2 saturated carbocycles. The summed E-state index contributed by atoms with van der Waals surface area (Å²) in [5.74, 6) is 1.33. The highest BCUT2D eigenvalue weighted by Crippen LogP contribution is 2.39. The third-order valence-electron chi connectivity index (χ3n) is 8.94. The zero-order chi connectivity index (χ0) is 29.1. The second kappa shape index (κ2) is 12.6. The largest absolute Gasteiger partial charge is 0.454 e. The van der Waals surface area contributed by atoms with Gasteiger partial charge in [-0.2, -0.15) is 0 Å². The summed E-state index contributed by atoms with van der Waals surface area (Å²) < 4.78 is 16.9. The van der Waals surface area contributed by atoms with Crippen LogP contribution in [-0.2, 0) is 25.5 Å². The van der Waals surface area contributed by atoms with Gasteiger partial charge in [0.15, 0.2) is 11.5 Å². The number of nitrogens with one attached hydrogen (secondary N) is 1. The molecule has 42 heavy (non-hydrogen) atoms. The molecule has 1 heterocycles. The number of benzene rings is 2. The van der Waals surface area contributed by atoms with Gasteiger partial charge in [-0.25, -0.2) is 4.79 Å². The highest BCUT2D eigenvalue weighted by molar-refractivity contribution is 5.80. The van der Waals surface area contributed by atoms with Crippen molar-refractivity contribution in [3.8, 4) is 0 Å². The molecule has 5 atom stereocenters. The number of aliphatic hydroxyl groups is 1. The Bertz CT molecular complexity index is 1320. The second-order valence-electron chi connectivity index (χ2n) is 11.9. The Morgan fingerprint density at radius 2 is 1.69 bits per heavy atom. The van der Waals surface area contributed by atoms with Crippen LogP contribution < -0.4 is 5.32 Å². The van der Waals surface area contributed by atoms with Gasteiger partial charge in [-0.15, -0.1) is 0 Å². The number of fused-ring (bicyclic) bond motifs is 1. The van der Waals surface area contributed by atoms with Crippen molar-refractivity contribution >= 4 is 12.0 Å². The van der Waals surface area contributed by atoms with Gasteiger partial charge in [-0.1, -0.05) is 74.4 Å². The maximum absolute atomic E-state index is 13.4. The number of nitrogens with zero attached hydrogens (tertiary/aromatic N) is 1. The first-order valence-electron chi connectivity index (χ1n) is 15.2. The number of hydrogen-bond donors (Lipinski definition) is 2. The van der Waals surface area contributed by atoms with Gasteiger partial charge in [0, 0.05) is 30.5 Å². The van der Waals surface area contributed by atoms with E-state index in [0.717, 1.165) is 61.0 Å². The van der Waals surface area contributed by atoms with E-state index in [1.165, 1.54) is 0 Å². The second-order valence-corrected chi connectivity index (χ2v) is 11.9. The van der Waals surface area contributed by atoms with Crippen LogP contribution in [0.4, 0.5) is 4.79 Å². The first kappa shape index (κ1) is 28.3. The van der Waals surface area contributed by atoms with E-state index in [1.54, 1.807) is 0 Å². The summed E-state index contributed by atoms with van der Waals surface area (Å²) in [5, 5.41) is 13.1. The summed E-state index contributed by atoms with van der Waals surface area (Å²) in [5.41, 5.74) is 3.08. The summed E-state index contributed by atoms with van der Waals surface area (Å²) in [4.78, 5) is 28.6. The van der Waals surface area contributed by atoms with Crippen LogP contribution in [0.1, 0.15) is 74.1 Å². The van der Waals surface area contributed by atoms with Crippen molar-refractivity contribution in [2.24, 2.45) is 11.8 Å². The summed E-state index contributed by atoms with van der Waals surface area (Å²) >= 11 is 0. The molecule has 3 aliphatic carbocycles. The summed E-state index contributed by atoms with van der Waals surface area (Å²) in [6.07, 6.45) is 8.92. The van der Waals surface area contributed by atoms with Crippen LogP contribution in [0.25, 0.3) is 0 Å². The van der Waals surface area contributed by atoms with Crippen molar-refractivity contribution < 1.29 is 28.9 Å². The zero-order valence-electron chi connectivity index (χ0n) is 24.1. The van der Waals surface area contributed by atoms with Gasteiger partial charge in [0.2, 0.25) is 12.7 Å². The first-order chi connectivity index (χ1) is 20.5. The molecule has 1 aliphatic heterocycles. The number of amides is 2. The maximum atomic E-state index is 13.4. The van der Waals surface area contributed by atoms with E-state index in [-0.39, 0.29) is 49.2 Å². The van der Waals surface area contributed by atoms with E-state index in [0.29, 0.717) is 12.3 Å². The lowest BCUT2D eigenvalue weighted by Crippen LogP contribution is -2.39. The summed E-state index contributed by atoms with van der Waals surface area (Å²) in [6.45, 7) is 2.54. The van der Waals surface area contributed by atoms with Crippen LogP contribution in [0.5, 0.6) is 0 Å². The molecule has 2 aromatic rings. The summed E-state index contributed by atoms with van der Waals surface area (Å²) in [7, 11) is 0. The molecular formula is C34H40N2O6. The molecule has 8 nitrogen and oxygen atoms in total. The molecular weight excluding hydrogens is 532 g/mol. The van der Waals surface area contributed by atoms with Gasteiger partial charge >= 0.3 is 6.09 Å². The van der Waals surface area contributed by atoms with Crippen LogP contribution >= 0.6 is 0 Å². The van der Waals surface area contributed by atoms with Gasteiger partial charge in [0.25, 0.3) is 0 Å². The Morgan fingerprint density at radius 1 is 0.976 bits per heavy atom. The molecule has 0 radical (unpaired) electrons. The highest BCUT2D eigenvalue weighted by atomic mass is 16.7. The molecule has 0 spiro atoms. The van der Waals surface area contributed by atoms with Gasteiger partial charge in [-0.05, 0) is 54.4 Å². The number of rotatable bonds is 9. The fourth-order valence-corrected chi connectivity index (χ4v) is 6.36.